The smallest absolute Gasteiger partial charge is 0.344 e. The zero-order valence-electron chi connectivity index (χ0n) is 16.0. The number of aryl methyl sites for hydroxylation is 2. The summed E-state index contributed by atoms with van der Waals surface area (Å²) < 4.78 is 10.8. The number of benzene rings is 1. The first kappa shape index (κ1) is 19.5. The van der Waals surface area contributed by atoms with Crippen molar-refractivity contribution in [1.29, 1.82) is 0 Å². The highest BCUT2D eigenvalue weighted by molar-refractivity contribution is 5.92. The van der Waals surface area contributed by atoms with E-state index >= 15 is 0 Å². The highest BCUT2D eigenvalue weighted by Gasteiger charge is 2.33. The van der Waals surface area contributed by atoms with Gasteiger partial charge in [-0.1, -0.05) is 44.9 Å². The average molecular weight is 346 g/mol. The van der Waals surface area contributed by atoms with Crippen LogP contribution in [0.25, 0.3) is 0 Å². The van der Waals surface area contributed by atoms with Gasteiger partial charge in [-0.25, -0.2) is 9.59 Å². The summed E-state index contributed by atoms with van der Waals surface area (Å²) in [6, 6.07) is 5.51. The van der Waals surface area contributed by atoms with Crippen molar-refractivity contribution < 1.29 is 19.1 Å². The van der Waals surface area contributed by atoms with E-state index in [0.29, 0.717) is 23.3 Å². The van der Waals surface area contributed by atoms with E-state index in [4.69, 9.17) is 9.47 Å². The first-order valence-electron chi connectivity index (χ1n) is 9.21. The van der Waals surface area contributed by atoms with Gasteiger partial charge in [0.05, 0.1) is 5.56 Å². The average Bonchev–Trinajstić information content (AvgIpc) is 2.52. The first-order chi connectivity index (χ1) is 11.8. The van der Waals surface area contributed by atoms with Crippen molar-refractivity contribution in [3.05, 3.63) is 34.9 Å². The van der Waals surface area contributed by atoms with E-state index in [2.05, 4.69) is 20.8 Å². The Kier molecular flexibility index (Phi) is 6.63. The summed E-state index contributed by atoms with van der Waals surface area (Å²) in [6.07, 6.45) is 3.08. The Hall–Kier alpha value is -1.84. The molecule has 0 unspecified atom stereocenters. The molecule has 0 N–H and O–H groups in total. The molecule has 0 heterocycles. The fourth-order valence-corrected chi connectivity index (χ4v) is 3.70. The molecule has 0 bridgehead atoms. The highest BCUT2D eigenvalue weighted by Crippen LogP contribution is 2.35. The van der Waals surface area contributed by atoms with Crippen LogP contribution in [0.1, 0.15) is 61.5 Å². The van der Waals surface area contributed by atoms with Crippen LogP contribution < -0.4 is 0 Å². The molecular formula is C21H30O4. The summed E-state index contributed by atoms with van der Waals surface area (Å²) in [6.45, 7) is 10.0. The zero-order valence-corrected chi connectivity index (χ0v) is 16.0. The van der Waals surface area contributed by atoms with Crippen LogP contribution in [0.4, 0.5) is 0 Å². The van der Waals surface area contributed by atoms with E-state index in [1.807, 2.05) is 26.0 Å². The molecule has 0 aromatic heterocycles. The molecule has 1 aliphatic rings. The van der Waals surface area contributed by atoms with Crippen LogP contribution in [0.2, 0.25) is 0 Å². The second-order valence-electron chi connectivity index (χ2n) is 7.75. The topological polar surface area (TPSA) is 52.6 Å². The maximum absolute atomic E-state index is 12.2. The molecule has 3 atom stereocenters. The second kappa shape index (κ2) is 8.50. The number of esters is 2. The van der Waals surface area contributed by atoms with E-state index < -0.39 is 11.9 Å². The van der Waals surface area contributed by atoms with E-state index in [1.165, 1.54) is 6.42 Å². The molecule has 4 heteroatoms. The third-order valence-electron chi connectivity index (χ3n) is 5.17. The Labute approximate surface area is 150 Å². The van der Waals surface area contributed by atoms with Gasteiger partial charge >= 0.3 is 11.9 Å². The molecule has 0 saturated heterocycles. The number of carbonyl (C=O) groups excluding carboxylic acids is 2. The fourth-order valence-electron chi connectivity index (χ4n) is 3.70. The molecule has 1 saturated carbocycles. The summed E-state index contributed by atoms with van der Waals surface area (Å²) in [4.78, 5) is 24.3. The van der Waals surface area contributed by atoms with E-state index in [9.17, 15) is 9.59 Å². The minimum Gasteiger partial charge on any atom is -0.460 e. The molecule has 0 spiro atoms. The molecule has 138 valence electrons. The summed E-state index contributed by atoms with van der Waals surface area (Å²) in [5.74, 6) is 0.485. The minimum atomic E-state index is -0.480. The molecule has 4 nitrogen and oxygen atoms in total. The summed E-state index contributed by atoms with van der Waals surface area (Å²) in [5, 5.41) is 0. The van der Waals surface area contributed by atoms with Gasteiger partial charge in [-0.3, -0.25) is 0 Å². The largest absolute Gasteiger partial charge is 0.460 e. The quantitative estimate of drug-likeness (QED) is 0.739. The Morgan fingerprint density at radius 1 is 1.20 bits per heavy atom. The van der Waals surface area contributed by atoms with Crippen LogP contribution in [0.5, 0.6) is 0 Å². The molecule has 1 aromatic carbocycles. The number of rotatable bonds is 5. The summed E-state index contributed by atoms with van der Waals surface area (Å²) in [5.41, 5.74) is 2.42. The molecule has 0 aliphatic heterocycles. The first-order valence-corrected chi connectivity index (χ1v) is 9.21. The van der Waals surface area contributed by atoms with Crippen LogP contribution >= 0.6 is 0 Å². The van der Waals surface area contributed by atoms with E-state index in [0.717, 1.165) is 24.0 Å². The van der Waals surface area contributed by atoms with Crippen LogP contribution in [-0.2, 0) is 14.3 Å². The standard InChI is InChI=1S/C21H30O4/c1-13(2)17-8-6-15(4)11-19(17)25-20(22)12-24-21(23)18-9-7-14(3)10-16(18)5/h7,9-10,13,15,17,19H,6,8,11-12H2,1-5H3/t15-,17+,19-/m0/s1. The van der Waals surface area contributed by atoms with E-state index in [1.54, 1.807) is 6.07 Å². The van der Waals surface area contributed by atoms with Crippen molar-refractivity contribution in [2.24, 2.45) is 17.8 Å². The van der Waals surface area contributed by atoms with Gasteiger partial charge in [0.15, 0.2) is 6.61 Å². The number of carbonyl (C=O) groups is 2. The highest BCUT2D eigenvalue weighted by atomic mass is 16.6. The van der Waals surface area contributed by atoms with Crippen molar-refractivity contribution in [1.82, 2.24) is 0 Å². The Morgan fingerprint density at radius 2 is 1.92 bits per heavy atom. The number of hydrogen-bond donors (Lipinski definition) is 0. The van der Waals surface area contributed by atoms with Crippen molar-refractivity contribution in [3.63, 3.8) is 0 Å². The van der Waals surface area contributed by atoms with Crippen LogP contribution in [0, 0.1) is 31.6 Å². The SMILES string of the molecule is Cc1ccc(C(=O)OCC(=O)O[C@H]2C[C@@H](C)CC[C@@H]2C(C)C)c(C)c1. The molecule has 25 heavy (non-hydrogen) atoms. The fraction of sp³-hybridized carbons (Fsp3) is 0.619. The number of ether oxygens (including phenoxy) is 2. The lowest BCUT2D eigenvalue weighted by Crippen LogP contribution is -2.36. The van der Waals surface area contributed by atoms with Gasteiger partial charge in [0.1, 0.15) is 6.10 Å². The van der Waals surface area contributed by atoms with Gasteiger partial charge in [0.2, 0.25) is 0 Å². The molecular weight excluding hydrogens is 316 g/mol. The Morgan fingerprint density at radius 3 is 2.56 bits per heavy atom. The van der Waals surface area contributed by atoms with Crippen molar-refractivity contribution in [2.45, 2.75) is 60.0 Å². The van der Waals surface area contributed by atoms with Gasteiger partial charge in [-0.05, 0) is 56.1 Å². The van der Waals surface area contributed by atoms with Gasteiger partial charge in [0, 0.05) is 0 Å². The minimum absolute atomic E-state index is 0.0731. The Bertz CT molecular complexity index is 620. The summed E-state index contributed by atoms with van der Waals surface area (Å²) >= 11 is 0. The van der Waals surface area contributed by atoms with Gasteiger partial charge in [0.25, 0.3) is 0 Å². The van der Waals surface area contributed by atoms with Gasteiger partial charge in [-0.2, -0.15) is 0 Å². The predicted octanol–water partition coefficient (Wildman–Crippen LogP) is 4.46. The molecule has 2 rings (SSSR count). The second-order valence-corrected chi connectivity index (χ2v) is 7.75. The lowest BCUT2D eigenvalue weighted by atomic mass is 9.75. The van der Waals surface area contributed by atoms with Crippen LogP contribution in [0.3, 0.4) is 0 Å². The summed E-state index contributed by atoms with van der Waals surface area (Å²) in [7, 11) is 0. The maximum atomic E-state index is 12.2. The lowest BCUT2D eigenvalue weighted by Gasteiger charge is -2.36. The van der Waals surface area contributed by atoms with Crippen molar-refractivity contribution in [3.8, 4) is 0 Å². The van der Waals surface area contributed by atoms with E-state index in [-0.39, 0.29) is 12.7 Å². The maximum Gasteiger partial charge on any atom is 0.344 e. The molecule has 1 aliphatic carbocycles. The third kappa shape index (κ3) is 5.32. The third-order valence-corrected chi connectivity index (χ3v) is 5.17. The Balaban J connectivity index is 1.90. The van der Waals surface area contributed by atoms with Crippen molar-refractivity contribution >= 4 is 11.9 Å². The molecule has 0 radical (unpaired) electrons. The normalized spacial score (nSPS) is 23.4. The van der Waals surface area contributed by atoms with Crippen LogP contribution in [-0.4, -0.2) is 24.6 Å². The van der Waals surface area contributed by atoms with Gasteiger partial charge < -0.3 is 9.47 Å². The molecule has 0 amide bonds. The van der Waals surface area contributed by atoms with Crippen molar-refractivity contribution in [2.75, 3.05) is 6.61 Å². The predicted molar refractivity (Wildman–Crippen MR) is 97.4 cm³/mol. The zero-order chi connectivity index (χ0) is 18.6. The monoisotopic (exact) mass is 346 g/mol. The molecule has 1 fully saturated rings. The van der Waals surface area contributed by atoms with Gasteiger partial charge in [-0.15, -0.1) is 0 Å². The van der Waals surface area contributed by atoms with Crippen LogP contribution in [0.15, 0.2) is 18.2 Å². The number of hydrogen-bond acceptors (Lipinski definition) is 4. The molecule has 1 aromatic rings. The lowest BCUT2D eigenvalue weighted by molar-refractivity contribution is -0.159.